The monoisotopic (exact) mass is 363 g/mol. The quantitative estimate of drug-likeness (QED) is 0.364. The molecule has 4 N–H and O–H groups in total. The summed E-state index contributed by atoms with van der Waals surface area (Å²) >= 11 is 0. The molecule has 25 heavy (non-hydrogen) atoms. The zero-order valence-electron chi connectivity index (χ0n) is 13.5. The zero-order valence-corrected chi connectivity index (χ0v) is 14.3. The topological polar surface area (TPSA) is 117 Å². The first-order chi connectivity index (χ1) is 11.5. The van der Waals surface area contributed by atoms with Gasteiger partial charge in [-0.1, -0.05) is 12.1 Å². The predicted molar refractivity (Wildman–Crippen MR) is 96.5 cm³/mol. The van der Waals surface area contributed by atoms with Crippen molar-refractivity contribution in [3.63, 3.8) is 0 Å². The third kappa shape index (κ3) is 5.50. The summed E-state index contributed by atoms with van der Waals surface area (Å²) in [5, 5.41) is 0. The number of nitrogens with zero attached hydrogens (tertiary/aromatic N) is 1. The molecule has 0 amide bonds. The highest BCUT2D eigenvalue weighted by Crippen LogP contribution is 2.21. The van der Waals surface area contributed by atoms with Crippen molar-refractivity contribution in [1.82, 2.24) is 0 Å². The minimum Gasteiger partial charge on any atom is -0.462 e. The van der Waals surface area contributed by atoms with Gasteiger partial charge in [-0.3, -0.25) is 0 Å². The van der Waals surface area contributed by atoms with E-state index in [1.807, 2.05) is 0 Å². The van der Waals surface area contributed by atoms with E-state index in [0.29, 0.717) is 11.3 Å². The summed E-state index contributed by atoms with van der Waals surface area (Å²) in [5.41, 5.74) is 11.6. The molecule has 0 radical (unpaired) electrons. The standard InChI is InChI=1S/C17H17N3O4.ClH/c1-2-23-16(22)13-5-3-4-6-14(13)24-15(21)11-7-9-12(10-8-11)20-17(18)19;/h3-10H,2H2,1H3,(H4,18,19,20);1H. The Labute approximate surface area is 151 Å². The molecule has 132 valence electrons. The van der Waals surface area contributed by atoms with Crippen molar-refractivity contribution in [2.45, 2.75) is 6.92 Å². The van der Waals surface area contributed by atoms with E-state index < -0.39 is 11.9 Å². The van der Waals surface area contributed by atoms with Gasteiger partial charge in [-0.25, -0.2) is 14.6 Å². The Hall–Kier alpha value is -3.06. The van der Waals surface area contributed by atoms with Gasteiger partial charge >= 0.3 is 11.9 Å². The number of para-hydroxylation sites is 1. The molecule has 2 aromatic rings. The fourth-order valence-corrected chi connectivity index (χ4v) is 1.91. The van der Waals surface area contributed by atoms with Gasteiger partial charge in [-0.2, -0.15) is 0 Å². The minimum absolute atomic E-state index is 0. The minimum atomic E-state index is -0.608. The molecule has 7 nitrogen and oxygen atoms in total. The molecular formula is C17H18ClN3O4. The van der Waals surface area contributed by atoms with Crippen molar-refractivity contribution in [3.8, 4) is 5.75 Å². The Kier molecular flexibility index (Phi) is 7.43. The summed E-state index contributed by atoms with van der Waals surface area (Å²) in [7, 11) is 0. The third-order valence-corrected chi connectivity index (χ3v) is 2.95. The molecule has 2 rings (SSSR count). The average Bonchev–Trinajstić information content (AvgIpc) is 2.55. The molecule has 2 aromatic carbocycles. The predicted octanol–water partition coefficient (Wildman–Crippen LogP) is 2.41. The van der Waals surface area contributed by atoms with Crippen LogP contribution < -0.4 is 16.2 Å². The summed E-state index contributed by atoms with van der Waals surface area (Å²) in [5.74, 6) is -1.10. The van der Waals surface area contributed by atoms with E-state index >= 15 is 0 Å². The molecule has 0 aliphatic heterocycles. The van der Waals surface area contributed by atoms with Gasteiger partial charge in [-0.15, -0.1) is 12.4 Å². The van der Waals surface area contributed by atoms with Crippen LogP contribution in [-0.2, 0) is 4.74 Å². The number of rotatable bonds is 5. The number of esters is 2. The van der Waals surface area contributed by atoms with Gasteiger partial charge in [0.05, 0.1) is 17.9 Å². The number of hydrogen-bond donors (Lipinski definition) is 2. The Morgan fingerprint density at radius 1 is 1.00 bits per heavy atom. The number of guanidine groups is 1. The van der Waals surface area contributed by atoms with Crippen LogP contribution in [0.2, 0.25) is 0 Å². The van der Waals surface area contributed by atoms with E-state index in [4.69, 9.17) is 20.9 Å². The average molecular weight is 364 g/mol. The molecule has 0 saturated carbocycles. The van der Waals surface area contributed by atoms with Crippen LogP contribution in [0.15, 0.2) is 53.5 Å². The maximum absolute atomic E-state index is 12.2. The second-order valence-electron chi connectivity index (χ2n) is 4.69. The Morgan fingerprint density at radius 3 is 2.24 bits per heavy atom. The van der Waals surface area contributed by atoms with Crippen LogP contribution in [0.5, 0.6) is 5.75 Å². The molecule has 8 heteroatoms. The molecule has 0 unspecified atom stereocenters. The molecule has 0 fully saturated rings. The summed E-state index contributed by atoms with van der Waals surface area (Å²) in [4.78, 5) is 28.0. The number of nitrogens with two attached hydrogens (primary N) is 2. The van der Waals surface area contributed by atoms with Crippen LogP contribution in [0.3, 0.4) is 0 Å². The van der Waals surface area contributed by atoms with Gasteiger partial charge in [0.25, 0.3) is 0 Å². The fraction of sp³-hybridized carbons (Fsp3) is 0.118. The number of hydrogen-bond acceptors (Lipinski definition) is 5. The highest BCUT2D eigenvalue weighted by Gasteiger charge is 2.16. The summed E-state index contributed by atoms with van der Waals surface area (Å²) < 4.78 is 10.2. The van der Waals surface area contributed by atoms with Crippen molar-refractivity contribution in [2.75, 3.05) is 6.61 Å². The Balaban J connectivity index is 0.00000312. The van der Waals surface area contributed by atoms with E-state index in [2.05, 4.69) is 4.99 Å². The van der Waals surface area contributed by atoms with Crippen LogP contribution >= 0.6 is 12.4 Å². The lowest BCUT2D eigenvalue weighted by Crippen LogP contribution is -2.21. The number of carbonyl (C=O) groups excluding carboxylic acids is 2. The summed E-state index contributed by atoms with van der Waals surface area (Å²) in [6.07, 6.45) is 0. The molecule has 0 spiro atoms. The summed E-state index contributed by atoms with van der Waals surface area (Å²) in [6.45, 7) is 1.93. The fourth-order valence-electron chi connectivity index (χ4n) is 1.91. The van der Waals surface area contributed by atoms with Gasteiger partial charge in [0, 0.05) is 0 Å². The molecule has 0 atom stereocenters. The highest BCUT2D eigenvalue weighted by atomic mass is 35.5. The van der Waals surface area contributed by atoms with E-state index in [0.717, 1.165) is 0 Å². The molecule has 0 saturated heterocycles. The first kappa shape index (κ1) is 20.0. The largest absolute Gasteiger partial charge is 0.462 e. The maximum Gasteiger partial charge on any atom is 0.343 e. The van der Waals surface area contributed by atoms with Gasteiger partial charge in [-0.05, 0) is 43.3 Å². The van der Waals surface area contributed by atoms with E-state index in [1.165, 1.54) is 24.3 Å². The molecule has 0 aromatic heterocycles. The second kappa shape index (κ2) is 9.29. The first-order valence-corrected chi connectivity index (χ1v) is 7.19. The van der Waals surface area contributed by atoms with Gasteiger partial charge in [0.1, 0.15) is 11.3 Å². The van der Waals surface area contributed by atoms with Crippen molar-refractivity contribution in [3.05, 3.63) is 59.7 Å². The van der Waals surface area contributed by atoms with E-state index in [9.17, 15) is 9.59 Å². The lowest BCUT2D eigenvalue weighted by Gasteiger charge is -2.09. The van der Waals surface area contributed by atoms with Gasteiger partial charge in [0.15, 0.2) is 5.96 Å². The number of aliphatic imine (C=N–C) groups is 1. The first-order valence-electron chi connectivity index (χ1n) is 7.19. The third-order valence-electron chi connectivity index (χ3n) is 2.95. The van der Waals surface area contributed by atoms with Crippen LogP contribution in [0.1, 0.15) is 27.6 Å². The zero-order chi connectivity index (χ0) is 17.5. The molecule has 0 aliphatic carbocycles. The highest BCUT2D eigenvalue weighted by molar-refractivity contribution is 5.96. The Morgan fingerprint density at radius 2 is 1.64 bits per heavy atom. The van der Waals surface area contributed by atoms with Crippen molar-refractivity contribution in [1.29, 1.82) is 0 Å². The Bertz CT molecular complexity index is 772. The number of ether oxygens (including phenoxy) is 2. The van der Waals surface area contributed by atoms with Crippen LogP contribution in [0.25, 0.3) is 0 Å². The van der Waals surface area contributed by atoms with Crippen molar-refractivity contribution in [2.24, 2.45) is 16.5 Å². The van der Waals surface area contributed by atoms with Crippen molar-refractivity contribution < 1.29 is 19.1 Å². The smallest absolute Gasteiger partial charge is 0.343 e. The van der Waals surface area contributed by atoms with Crippen LogP contribution in [-0.4, -0.2) is 24.5 Å². The lowest BCUT2D eigenvalue weighted by molar-refractivity contribution is 0.0520. The normalized spacial score (nSPS) is 9.48. The number of halogens is 1. The number of carbonyl (C=O) groups is 2. The molecule has 0 bridgehead atoms. The van der Waals surface area contributed by atoms with E-state index in [-0.39, 0.29) is 36.3 Å². The van der Waals surface area contributed by atoms with Gasteiger partial charge < -0.3 is 20.9 Å². The van der Waals surface area contributed by atoms with Crippen LogP contribution in [0.4, 0.5) is 5.69 Å². The number of benzene rings is 2. The molecule has 0 aliphatic rings. The second-order valence-corrected chi connectivity index (χ2v) is 4.69. The van der Waals surface area contributed by atoms with Crippen molar-refractivity contribution >= 4 is 36.0 Å². The maximum atomic E-state index is 12.2. The van der Waals surface area contributed by atoms with E-state index in [1.54, 1.807) is 31.2 Å². The lowest BCUT2D eigenvalue weighted by atomic mass is 10.2. The molecular weight excluding hydrogens is 346 g/mol. The summed E-state index contributed by atoms with van der Waals surface area (Å²) in [6, 6.07) is 12.6. The molecule has 0 heterocycles. The van der Waals surface area contributed by atoms with Gasteiger partial charge in [0.2, 0.25) is 0 Å². The van der Waals surface area contributed by atoms with Crippen LogP contribution in [0, 0.1) is 0 Å². The SMILES string of the molecule is CCOC(=O)c1ccccc1OC(=O)c1ccc(N=C(N)N)cc1.Cl.